The molecule has 4 heteroatoms. The minimum Gasteiger partial charge on any atom is -0.497 e. The molecule has 0 aliphatic carbocycles. The molecule has 2 N–H and O–H groups in total. The van der Waals surface area contributed by atoms with Crippen LogP contribution in [0.2, 0.25) is 5.02 Å². The van der Waals surface area contributed by atoms with Gasteiger partial charge < -0.3 is 10.5 Å². The number of nitrogen functional groups attached to an aromatic ring is 1. The minimum absolute atomic E-state index is 0.136. The third-order valence-electron chi connectivity index (χ3n) is 2.59. The molecule has 2 aromatic rings. The molecule has 0 heterocycles. The van der Waals surface area contributed by atoms with Gasteiger partial charge in [0.15, 0.2) is 5.78 Å². The fraction of sp³-hybridized carbons (Fsp3) is 0.0714. The maximum absolute atomic E-state index is 12.2. The van der Waals surface area contributed by atoms with Crippen molar-refractivity contribution < 1.29 is 9.53 Å². The summed E-state index contributed by atoms with van der Waals surface area (Å²) in [5, 5.41) is 0.357. The van der Waals surface area contributed by atoms with E-state index in [2.05, 4.69) is 0 Å². The van der Waals surface area contributed by atoms with Gasteiger partial charge in [0, 0.05) is 16.8 Å². The molecule has 2 aromatic carbocycles. The lowest BCUT2D eigenvalue weighted by Gasteiger charge is -2.05. The Morgan fingerprint density at radius 1 is 1.17 bits per heavy atom. The van der Waals surface area contributed by atoms with Crippen molar-refractivity contribution in [2.45, 2.75) is 0 Å². The molecule has 0 aliphatic heterocycles. The highest BCUT2D eigenvalue weighted by atomic mass is 35.5. The van der Waals surface area contributed by atoms with Gasteiger partial charge in [-0.1, -0.05) is 11.6 Å². The lowest BCUT2D eigenvalue weighted by Crippen LogP contribution is -2.02. The Labute approximate surface area is 110 Å². The third kappa shape index (κ3) is 2.46. The highest BCUT2D eigenvalue weighted by molar-refractivity contribution is 6.35. The summed E-state index contributed by atoms with van der Waals surface area (Å²) in [6.07, 6.45) is 0. The van der Waals surface area contributed by atoms with E-state index in [1.807, 2.05) is 0 Å². The zero-order valence-corrected chi connectivity index (χ0v) is 10.6. The minimum atomic E-state index is -0.136. The molecule has 0 saturated carbocycles. The summed E-state index contributed by atoms with van der Waals surface area (Å²) >= 11 is 6.01. The maximum atomic E-state index is 12.2. The van der Waals surface area contributed by atoms with E-state index in [4.69, 9.17) is 22.1 Å². The number of hydrogen-bond donors (Lipinski definition) is 1. The van der Waals surface area contributed by atoms with E-state index in [-0.39, 0.29) is 5.78 Å². The number of anilines is 1. The van der Waals surface area contributed by atoms with E-state index in [0.29, 0.717) is 27.6 Å². The normalized spacial score (nSPS) is 10.1. The van der Waals surface area contributed by atoms with E-state index >= 15 is 0 Å². The average molecular weight is 262 g/mol. The lowest BCUT2D eigenvalue weighted by molar-refractivity contribution is 0.103. The number of hydrogen-bond acceptors (Lipinski definition) is 3. The third-order valence-corrected chi connectivity index (χ3v) is 2.90. The van der Waals surface area contributed by atoms with Gasteiger partial charge in [0.1, 0.15) is 5.75 Å². The summed E-state index contributed by atoms with van der Waals surface area (Å²) in [5.41, 5.74) is 7.12. The Balaban J connectivity index is 2.35. The van der Waals surface area contributed by atoms with Crippen LogP contribution in [0.5, 0.6) is 5.75 Å². The zero-order valence-electron chi connectivity index (χ0n) is 9.81. The van der Waals surface area contributed by atoms with Crippen molar-refractivity contribution in [3.05, 3.63) is 58.6 Å². The van der Waals surface area contributed by atoms with Crippen LogP contribution in [0.4, 0.5) is 5.69 Å². The number of carbonyl (C=O) groups is 1. The van der Waals surface area contributed by atoms with Crippen molar-refractivity contribution >= 4 is 23.1 Å². The molecule has 0 aromatic heterocycles. The first-order valence-electron chi connectivity index (χ1n) is 5.35. The number of carbonyl (C=O) groups excluding carboxylic acids is 1. The molecule has 0 spiro atoms. The van der Waals surface area contributed by atoms with Gasteiger partial charge in [-0.25, -0.2) is 0 Å². The first-order chi connectivity index (χ1) is 8.61. The predicted molar refractivity (Wildman–Crippen MR) is 72.3 cm³/mol. The van der Waals surface area contributed by atoms with Crippen molar-refractivity contribution in [3.8, 4) is 5.75 Å². The molecule has 0 atom stereocenters. The topological polar surface area (TPSA) is 52.3 Å². The second kappa shape index (κ2) is 5.10. The molecule has 2 rings (SSSR count). The molecule has 92 valence electrons. The van der Waals surface area contributed by atoms with Gasteiger partial charge in [-0.2, -0.15) is 0 Å². The Morgan fingerprint density at radius 3 is 2.39 bits per heavy atom. The fourth-order valence-corrected chi connectivity index (χ4v) is 1.89. The Hall–Kier alpha value is -2.00. The summed E-state index contributed by atoms with van der Waals surface area (Å²) < 4.78 is 5.04. The van der Waals surface area contributed by atoms with Crippen LogP contribution >= 0.6 is 11.6 Å². The van der Waals surface area contributed by atoms with Crippen LogP contribution < -0.4 is 10.5 Å². The second-order valence-corrected chi connectivity index (χ2v) is 4.20. The summed E-state index contributed by atoms with van der Waals surface area (Å²) in [6, 6.07) is 11.7. The molecule has 0 fully saturated rings. The van der Waals surface area contributed by atoms with Gasteiger partial charge in [0.05, 0.1) is 12.1 Å². The van der Waals surface area contributed by atoms with Gasteiger partial charge in [-0.15, -0.1) is 0 Å². The SMILES string of the molecule is COc1ccc(C(=O)c2ccc(N)cc2Cl)cc1. The lowest BCUT2D eigenvalue weighted by atomic mass is 10.0. The summed E-state index contributed by atoms with van der Waals surface area (Å²) in [7, 11) is 1.58. The van der Waals surface area contributed by atoms with E-state index in [1.165, 1.54) is 0 Å². The Morgan fingerprint density at radius 2 is 1.83 bits per heavy atom. The largest absolute Gasteiger partial charge is 0.497 e. The molecule has 0 saturated heterocycles. The van der Waals surface area contributed by atoms with Gasteiger partial charge in [0.2, 0.25) is 0 Å². The highest BCUT2D eigenvalue weighted by Crippen LogP contribution is 2.23. The molecular weight excluding hydrogens is 250 g/mol. The van der Waals surface area contributed by atoms with Crippen LogP contribution in [0, 0.1) is 0 Å². The first-order valence-corrected chi connectivity index (χ1v) is 5.73. The molecule has 0 unspecified atom stereocenters. The number of ketones is 1. The van der Waals surface area contributed by atoms with Crippen LogP contribution in [0.3, 0.4) is 0 Å². The van der Waals surface area contributed by atoms with E-state index in [0.717, 1.165) is 0 Å². The number of rotatable bonds is 3. The van der Waals surface area contributed by atoms with E-state index in [1.54, 1.807) is 49.6 Å². The van der Waals surface area contributed by atoms with Gasteiger partial charge in [-0.3, -0.25) is 4.79 Å². The smallest absolute Gasteiger partial charge is 0.194 e. The number of ether oxygens (including phenoxy) is 1. The van der Waals surface area contributed by atoms with Gasteiger partial charge in [0.25, 0.3) is 0 Å². The fourth-order valence-electron chi connectivity index (χ4n) is 1.61. The average Bonchev–Trinajstić information content (AvgIpc) is 2.38. The molecular formula is C14H12ClNO2. The first kappa shape index (κ1) is 12.5. The van der Waals surface area contributed by atoms with Crippen molar-refractivity contribution in [2.24, 2.45) is 0 Å². The Kier molecular flexibility index (Phi) is 3.53. The van der Waals surface area contributed by atoms with Crippen LogP contribution in [-0.4, -0.2) is 12.9 Å². The van der Waals surface area contributed by atoms with Crippen LogP contribution in [0.1, 0.15) is 15.9 Å². The van der Waals surface area contributed by atoms with Gasteiger partial charge >= 0.3 is 0 Å². The number of benzene rings is 2. The highest BCUT2D eigenvalue weighted by Gasteiger charge is 2.12. The summed E-state index contributed by atoms with van der Waals surface area (Å²) in [4.78, 5) is 12.2. The summed E-state index contributed by atoms with van der Waals surface area (Å²) in [5.74, 6) is 0.567. The van der Waals surface area contributed by atoms with Crippen LogP contribution in [0.25, 0.3) is 0 Å². The number of methoxy groups -OCH3 is 1. The van der Waals surface area contributed by atoms with Crippen LogP contribution in [-0.2, 0) is 0 Å². The van der Waals surface area contributed by atoms with Crippen molar-refractivity contribution in [3.63, 3.8) is 0 Å². The number of halogens is 1. The maximum Gasteiger partial charge on any atom is 0.194 e. The Bertz CT molecular complexity index is 579. The quantitative estimate of drug-likeness (QED) is 0.682. The molecule has 3 nitrogen and oxygen atoms in total. The van der Waals surface area contributed by atoms with Crippen molar-refractivity contribution in [2.75, 3.05) is 12.8 Å². The molecule has 0 amide bonds. The standard InChI is InChI=1S/C14H12ClNO2/c1-18-11-5-2-9(3-6-11)14(17)12-7-4-10(16)8-13(12)15/h2-8H,16H2,1H3. The zero-order chi connectivity index (χ0) is 13.1. The molecule has 0 radical (unpaired) electrons. The van der Waals surface area contributed by atoms with Crippen molar-refractivity contribution in [1.82, 2.24) is 0 Å². The summed E-state index contributed by atoms with van der Waals surface area (Å²) in [6.45, 7) is 0. The number of nitrogens with two attached hydrogens (primary N) is 1. The molecule has 0 bridgehead atoms. The van der Waals surface area contributed by atoms with Crippen LogP contribution in [0.15, 0.2) is 42.5 Å². The monoisotopic (exact) mass is 261 g/mol. The van der Waals surface area contributed by atoms with Crippen molar-refractivity contribution in [1.29, 1.82) is 0 Å². The second-order valence-electron chi connectivity index (χ2n) is 3.80. The molecule has 0 aliphatic rings. The molecule has 18 heavy (non-hydrogen) atoms. The van der Waals surface area contributed by atoms with E-state index in [9.17, 15) is 4.79 Å². The predicted octanol–water partition coefficient (Wildman–Crippen LogP) is 3.16. The van der Waals surface area contributed by atoms with E-state index < -0.39 is 0 Å². The van der Waals surface area contributed by atoms with Gasteiger partial charge in [-0.05, 0) is 42.5 Å².